The Kier molecular flexibility index (Phi) is 1.77. The molecule has 1 N–H and O–H groups in total. The van der Waals surface area contributed by atoms with Crippen molar-refractivity contribution in [3.63, 3.8) is 0 Å². The number of likely N-dealkylation sites (N-methyl/N-ethyl adjacent to an activating group) is 1. The third-order valence-corrected chi connectivity index (χ3v) is 2.90. The van der Waals surface area contributed by atoms with E-state index in [1.165, 1.54) is 11.3 Å². The lowest BCUT2D eigenvalue weighted by Gasteiger charge is -2.14. The zero-order chi connectivity index (χ0) is 8.55. The van der Waals surface area contributed by atoms with Crippen LogP contribution in [0.25, 0.3) is 0 Å². The Labute approximate surface area is 75.0 Å². The summed E-state index contributed by atoms with van der Waals surface area (Å²) in [5.74, 6) is 0.0596. The van der Waals surface area contributed by atoms with Crippen molar-refractivity contribution >= 4 is 22.9 Å². The van der Waals surface area contributed by atoms with Gasteiger partial charge in [0.1, 0.15) is 4.88 Å². The highest BCUT2D eigenvalue weighted by molar-refractivity contribution is 7.12. The fourth-order valence-corrected chi connectivity index (χ4v) is 2.17. The maximum atomic E-state index is 11.4. The van der Waals surface area contributed by atoms with Gasteiger partial charge in [-0.2, -0.15) is 0 Å². The molecule has 0 unspecified atom stereocenters. The van der Waals surface area contributed by atoms with Crippen LogP contribution < -0.4 is 10.2 Å². The monoisotopic (exact) mass is 182 g/mol. The van der Waals surface area contributed by atoms with Crippen LogP contribution in [0, 0.1) is 0 Å². The first-order valence-electron chi connectivity index (χ1n) is 3.86. The summed E-state index contributed by atoms with van der Waals surface area (Å²) >= 11 is 1.50. The van der Waals surface area contributed by atoms with Crippen LogP contribution in [0.5, 0.6) is 0 Å². The highest BCUT2D eigenvalue weighted by atomic mass is 32.1. The van der Waals surface area contributed by atoms with Crippen LogP contribution in [0.1, 0.15) is 9.67 Å². The Morgan fingerprint density at radius 3 is 3.33 bits per heavy atom. The van der Waals surface area contributed by atoms with E-state index in [1.807, 2.05) is 18.5 Å². The van der Waals surface area contributed by atoms with E-state index in [1.54, 1.807) is 0 Å². The van der Waals surface area contributed by atoms with Crippen LogP contribution in [0.3, 0.4) is 0 Å². The largest absolute Gasteiger partial charge is 0.372 e. The number of carbonyl (C=O) groups is 1. The fourth-order valence-electron chi connectivity index (χ4n) is 1.31. The molecule has 0 aromatic carbocycles. The first kappa shape index (κ1) is 7.61. The number of hydrogen-bond acceptors (Lipinski definition) is 3. The van der Waals surface area contributed by atoms with E-state index >= 15 is 0 Å². The molecule has 0 radical (unpaired) electrons. The minimum absolute atomic E-state index is 0.0596. The van der Waals surface area contributed by atoms with Gasteiger partial charge in [-0.1, -0.05) is 0 Å². The number of nitrogens with one attached hydrogen (secondary N) is 1. The molecule has 1 aromatic rings. The van der Waals surface area contributed by atoms with Crippen molar-refractivity contribution < 1.29 is 4.79 Å². The van der Waals surface area contributed by atoms with Gasteiger partial charge >= 0.3 is 0 Å². The summed E-state index contributed by atoms with van der Waals surface area (Å²) < 4.78 is 0. The predicted octanol–water partition coefficient (Wildman–Crippen LogP) is 0.928. The van der Waals surface area contributed by atoms with Crippen molar-refractivity contribution in [2.75, 3.05) is 25.0 Å². The van der Waals surface area contributed by atoms with Crippen molar-refractivity contribution in [3.8, 4) is 0 Å². The predicted molar refractivity (Wildman–Crippen MR) is 49.9 cm³/mol. The Hall–Kier alpha value is -1.03. The van der Waals surface area contributed by atoms with Crippen LogP contribution in [0.4, 0.5) is 5.69 Å². The molecule has 0 atom stereocenters. The third kappa shape index (κ3) is 1.08. The third-order valence-electron chi connectivity index (χ3n) is 1.99. The van der Waals surface area contributed by atoms with Crippen LogP contribution >= 0.6 is 11.3 Å². The maximum Gasteiger partial charge on any atom is 0.263 e. The molecule has 1 aromatic heterocycles. The van der Waals surface area contributed by atoms with Gasteiger partial charge in [-0.15, -0.1) is 11.3 Å². The van der Waals surface area contributed by atoms with E-state index in [2.05, 4.69) is 10.2 Å². The smallest absolute Gasteiger partial charge is 0.263 e. The molecule has 0 aliphatic carbocycles. The summed E-state index contributed by atoms with van der Waals surface area (Å²) in [6, 6.07) is 1.99. The summed E-state index contributed by atoms with van der Waals surface area (Å²) in [6.45, 7) is 1.62. The van der Waals surface area contributed by atoms with E-state index < -0.39 is 0 Å². The number of rotatable bonds is 0. The lowest BCUT2D eigenvalue weighted by molar-refractivity contribution is 0.0962. The fraction of sp³-hybridized carbons (Fsp3) is 0.375. The van der Waals surface area contributed by atoms with E-state index in [9.17, 15) is 4.79 Å². The molecule has 4 heteroatoms. The first-order chi connectivity index (χ1) is 5.79. The molecule has 0 spiro atoms. The highest BCUT2D eigenvalue weighted by Gasteiger charge is 2.18. The molecule has 1 aliphatic heterocycles. The molecule has 64 valence electrons. The van der Waals surface area contributed by atoms with Gasteiger partial charge in [-0.25, -0.2) is 0 Å². The molecule has 0 fully saturated rings. The molecular weight excluding hydrogens is 172 g/mol. The Balaban J connectivity index is 2.45. The zero-order valence-corrected chi connectivity index (χ0v) is 7.65. The van der Waals surface area contributed by atoms with Crippen molar-refractivity contribution in [2.24, 2.45) is 0 Å². The van der Waals surface area contributed by atoms with E-state index in [-0.39, 0.29) is 5.91 Å². The Morgan fingerprint density at radius 2 is 2.50 bits per heavy atom. The van der Waals surface area contributed by atoms with Crippen molar-refractivity contribution in [3.05, 3.63) is 16.3 Å². The normalized spacial score (nSPS) is 16.8. The molecule has 12 heavy (non-hydrogen) atoms. The van der Waals surface area contributed by atoms with E-state index in [0.29, 0.717) is 0 Å². The lowest BCUT2D eigenvalue weighted by Crippen LogP contribution is -2.27. The van der Waals surface area contributed by atoms with Crippen LogP contribution in [0.15, 0.2) is 11.4 Å². The van der Waals surface area contributed by atoms with Crippen LogP contribution in [-0.4, -0.2) is 26.0 Å². The summed E-state index contributed by atoms with van der Waals surface area (Å²) in [5, 5.41) is 4.80. The zero-order valence-electron chi connectivity index (χ0n) is 6.83. The van der Waals surface area contributed by atoms with Crippen LogP contribution in [0.2, 0.25) is 0 Å². The molecule has 2 heterocycles. The molecule has 3 nitrogen and oxygen atoms in total. The van der Waals surface area contributed by atoms with Gasteiger partial charge < -0.3 is 10.2 Å². The Morgan fingerprint density at radius 1 is 1.67 bits per heavy atom. The number of hydrogen-bond donors (Lipinski definition) is 1. The van der Waals surface area contributed by atoms with Crippen molar-refractivity contribution in [1.82, 2.24) is 5.32 Å². The molecule has 0 saturated carbocycles. The molecular formula is C8H10N2OS. The van der Waals surface area contributed by atoms with Crippen molar-refractivity contribution in [1.29, 1.82) is 0 Å². The molecule has 0 bridgehead atoms. The lowest BCUT2D eigenvalue weighted by atomic mass is 10.3. The number of nitrogens with zero attached hydrogens (tertiary/aromatic N) is 1. The number of thiophene rings is 1. The highest BCUT2D eigenvalue weighted by Crippen LogP contribution is 2.26. The van der Waals surface area contributed by atoms with Gasteiger partial charge in [0, 0.05) is 20.1 Å². The van der Waals surface area contributed by atoms with E-state index in [4.69, 9.17) is 0 Å². The second-order valence-corrected chi connectivity index (χ2v) is 3.73. The number of anilines is 1. The Bertz CT molecular complexity index is 308. The minimum Gasteiger partial charge on any atom is -0.372 e. The molecule has 0 saturated heterocycles. The van der Waals surface area contributed by atoms with Gasteiger partial charge in [-0.05, 0) is 11.4 Å². The second kappa shape index (κ2) is 2.79. The van der Waals surface area contributed by atoms with Gasteiger partial charge in [0.15, 0.2) is 0 Å². The SMILES string of the molecule is CN1CCNC(=O)c2sccc21. The van der Waals surface area contributed by atoms with Gasteiger partial charge in [0.2, 0.25) is 0 Å². The van der Waals surface area contributed by atoms with Crippen LogP contribution in [-0.2, 0) is 0 Å². The molecule has 2 rings (SSSR count). The first-order valence-corrected chi connectivity index (χ1v) is 4.74. The average molecular weight is 182 g/mol. The average Bonchev–Trinajstić information content (AvgIpc) is 2.47. The van der Waals surface area contributed by atoms with Gasteiger partial charge in [-0.3, -0.25) is 4.79 Å². The minimum atomic E-state index is 0.0596. The number of fused-ring (bicyclic) bond motifs is 1. The summed E-state index contributed by atoms with van der Waals surface area (Å²) in [6.07, 6.45) is 0. The molecule has 1 aliphatic rings. The number of carbonyl (C=O) groups excluding carboxylic acids is 1. The maximum absolute atomic E-state index is 11.4. The van der Waals surface area contributed by atoms with Gasteiger partial charge in [0.05, 0.1) is 5.69 Å². The topological polar surface area (TPSA) is 32.3 Å². The van der Waals surface area contributed by atoms with E-state index in [0.717, 1.165) is 23.7 Å². The number of amides is 1. The summed E-state index contributed by atoms with van der Waals surface area (Å²) in [5.41, 5.74) is 1.05. The summed E-state index contributed by atoms with van der Waals surface area (Å²) in [4.78, 5) is 14.3. The molecule has 1 amide bonds. The second-order valence-electron chi connectivity index (χ2n) is 2.81. The van der Waals surface area contributed by atoms with Crippen molar-refractivity contribution in [2.45, 2.75) is 0 Å². The quantitative estimate of drug-likeness (QED) is 0.647. The standard InChI is InChI=1S/C8H10N2OS/c1-10-4-3-9-8(11)7-6(10)2-5-12-7/h2,5H,3-4H2,1H3,(H,9,11). The summed E-state index contributed by atoms with van der Waals surface area (Å²) in [7, 11) is 2.01. The van der Waals surface area contributed by atoms with Gasteiger partial charge in [0.25, 0.3) is 5.91 Å².